The summed E-state index contributed by atoms with van der Waals surface area (Å²) in [6, 6.07) is 23.1. The monoisotopic (exact) mass is 381 g/mol. The molecule has 1 aliphatic heterocycles. The third-order valence-corrected chi connectivity index (χ3v) is 5.56. The minimum absolute atomic E-state index is 0.918. The molecule has 5 nitrogen and oxygen atoms in total. The first-order chi connectivity index (χ1) is 14.3. The third-order valence-electron chi connectivity index (χ3n) is 5.56. The second-order valence-corrected chi connectivity index (χ2v) is 7.46. The fourth-order valence-corrected chi connectivity index (χ4v) is 3.97. The summed E-state index contributed by atoms with van der Waals surface area (Å²) in [6.07, 6.45) is 1.85. The number of pyridine rings is 1. The molecule has 3 heterocycles. The Balaban J connectivity index is 1.34. The van der Waals surface area contributed by atoms with Crippen molar-refractivity contribution in [3.8, 4) is 11.3 Å². The fraction of sp³-hybridized carbons (Fsp3) is 0.208. The second kappa shape index (κ2) is 7.51. The Morgan fingerprint density at radius 3 is 2.24 bits per heavy atom. The maximum Gasteiger partial charge on any atom is 0.154 e. The van der Waals surface area contributed by atoms with E-state index >= 15 is 0 Å². The molecule has 0 atom stereocenters. The number of benzene rings is 2. The van der Waals surface area contributed by atoms with Crippen LogP contribution in [-0.4, -0.2) is 41.4 Å². The standard InChI is InChI=1S/C24H23N5/c1-18-16-22(21-10-9-19-6-2-3-7-20(19)17-21)26-27-24(18)29-14-12-28(13-15-29)23-8-4-5-11-25-23/h2-11,16-17H,12-15H2,1H3. The van der Waals surface area contributed by atoms with E-state index in [1.54, 1.807) is 0 Å². The summed E-state index contributed by atoms with van der Waals surface area (Å²) < 4.78 is 0. The van der Waals surface area contributed by atoms with Crippen LogP contribution in [0.1, 0.15) is 5.56 Å². The molecule has 5 rings (SSSR count). The topological polar surface area (TPSA) is 45.2 Å². The van der Waals surface area contributed by atoms with Crippen LogP contribution in [0.15, 0.2) is 72.9 Å². The molecule has 0 bridgehead atoms. The largest absolute Gasteiger partial charge is 0.353 e. The van der Waals surface area contributed by atoms with Crippen molar-refractivity contribution < 1.29 is 0 Å². The lowest BCUT2D eigenvalue weighted by Crippen LogP contribution is -2.47. The van der Waals surface area contributed by atoms with E-state index < -0.39 is 0 Å². The van der Waals surface area contributed by atoms with Gasteiger partial charge in [-0.05, 0) is 47.5 Å². The van der Waals surface area contributed by atoms with Gasteiger partial charge in [0.2, 0.25) is 0 Å². The van der Waals surface area contributed by atoms with Crippen molar-refractivity contribution in [3.63, 3.8) is 0 Å². The number of hydrogen-bond donors (Lipinski definition) is 0. The van der Waals surface area contributed by atoms with Crippen LogP contribution < -0.4 is 9.80 Å². The molecular weight excluding hydrogens is 358 g/mol. The molecule has 1 fully saturated rings. The van der Waals surface area contributed by atoms with Crippen LogP contribution in [0.2, 0.25) is 0 Å². The molecule has 144 valence electrons. The molecule has 0 N–H and O–H groups in total. The smallest absolute Gasteiger partial charge is 0.154 e. The first kappa shape index (κ1) is 17.6. The summed E-state index contributed by atoms with van der Waals surface area (Å²) in [4.78, 5) is 9.11. The van der Waals surface area contributed by atoms with Crippen LogP contribution in [-0.2, 0) is 0 Å². The average molecular weight is 381 g/mol. The molecule has 0 saturated carbocycles. The molecule has 1 aliphatic rings. The lowest BCUT2D eigenvalue weighted by molar-refractivity contribution is 0.637. The van der Waals surface area contributed by atoms with Crippen LogP contribution in [0.4, 0.5) is 11.6 Å². The Labute approximate surface area is 170 Å². The van der Waals surface area contributed by atoms with Crippen LogP contribution in [0.5, 0.6) is 0 Å². The van der Waals surface area contributed by atoms with Crippen molar-refractivity contribution in [2.75, 3.05) is 36.0 Å². The number of anilines is 2. The summed E-state index contributed by atoms with van der Waals surface area (Å²) in [6.45, 7) is 5.83. The maximum absolute atomic E-state index is 4.60. The van der Waals surface area contributed by atoms with Crippen molar-refractivity contribution in [1.29, 1.82) is 0 Å². The highest BCUT2D eigenvalue weighted by Gasteiger charge is 2.21. The van der Waals surface area contributed by atoms with Gasteiger partial charge in [0.15, 0.2) is 5.82 Å². The quantitative estimate of drug-likeness (QED) is 0.529. The van der Waals surface area contributed by atoms with Gasteiger partial charge in [-0.3, -0.25) is 0 Å². The summed E-state index contributed by atoms with van der Waals surface area (Å²) >= 11 is 0. The van der Waals surface area contributed by atoms with Gasteiger partial charge in [-0.1, -0.05) is 42.5 Å². The maximum atomic E-state index is 4.60. The van der Waals surface area contributed by atoms with Gasteiger partial charge in [0.05, 0.1) is 5.69 Å². The van der Waals surface area contributed by atoms with Crippen molar-refractivity contribution in [1.82, 2.24) is 15.2 Å². The van der Waals surface area contributed by atoms with E-state index in [2.05, 4.69) is 86.5 Å². The molecule has 0 amide bonds. The van der Waals surface area contributed by atoms with Crippen molar-refractivity contribution in [3.05, 3.63) is 78.5 Å². The molecule has 29 heavy (non-hydrogen) atoms. The number of aryl methyl sites for hydroxylation is 1. The predicted octanol–water partition coefficient (Wildman–Crippen LogP) is 4.33. The van der Waals surface area contributed by atoms with Crippen LogP contribution in [0.3, 0.4) is 0 Å². The number of fused-ring (bicyclic) bond motifs is 1. The van der Waals surface area contributed by atoms with E-state index in [0.29, 0.717) is 0 Å². The van der Waals surface area contributed by atoms with Gasteiger partial charge in [0.1, 0.15) is 5.82 Å². The molecular formula is C24H23N5. The molecule has 0 aliphatic carbocycles. The molecule has 2 aromatic heterocycles. The SMILES string of the molecule is Cc1cc(-c2ccc3ccccc3c2)nnc1N1CCN(c2ccccn2)CC1. The summed E-state index contributed by atoms with van der Waals surface area (Å²) in [5.74, 6) is 2.02. The van der Waals surface area contributed by atoms with Crippen LogP contribution in [0, 0.1) is 6.92 Å². The van der Waals surface area contributed by atoms with E-state index in [4.69, 9.17) is 0 Å². The number of rotatable bonds is 3. The van der Waals surface area contributed by atoms with Crippen molar-refractivity contribution >= 4 is 22.4 Å². The van der Waals surface area contributed by atoms with E-state index in [1.807, 2.05) is 18.3 Å². The van der Waals surface area contributed by atoms with Crippen LogP contribution in [0.25, 0.3) is 22.0 Å². The summed E-state index contributed by atoms with van der Waals surface area (Å²) in [5.41, 5.74) is 3.18. The molecule has 0 spiro atoms. The van der Waals surface area contributed by atoms with E-state index in [-0.39, 0.29) is 0 Å². The highest BCUT2D eigenvalue weighted by atomic mass is 15.3. The van der Waals surface area contributed by atoms with Crippen LogP contribution >= 0.6 is 0 Å². The van der Waals surface area contributed by atoms with Gasteiger partial charge in [0, 0.05) is 37.9 Å². The first-order valence-corrected chi connectivity index (χ1v) is 10.0. The minimum Gasteiger partial charge on any atom is -0.353 e. The average Bonchev–Trinajstić information content (AvgIpc) is 2.79. The predicted molar refractivity (Wildman–Crippen MR) is 118 cm³/mol. The number of piperazine rings is 1. The zero-order chi connectivity index (χ0) is 19.6. The minimum atomic E-state index is 0.918. The molecule has 5 heteroatoms. The second-order valence-electron chi connectivity index (χ2n) is 7.46. The molecule has 1 saturated heterocycles. The molecule has 0 unspecified atom stereocenters. The number of aromatic nitrogens is 3. The van der Waals surface area contributed by atoms with E-state index in [9.17, 15) is 0 Å². The van der Waals surface area contributed by atoms with Crippen molar-refractivity contribution in [2.45, 2.75) is 6.92 Å². The highest BCUT2D eigenvalue weighted by molar-refractivity contribution is 5.86. The normalized spacial score (nSPS) is 14.4. The summed E-state index contributed by atoms with van der Waals surface area (Å²) in [7, 11) is 0. The van der Waals surface area contributed by atoms with Gasteiger partial charge in [-0.2, -0.15) is 0 Å². The van der Waals surface area contributed by atoms with Gasteiger partial charge in [0.25, 0.3) is 0 Å². The first-order valence-electron chi connectivity index (χ1n) is 10.0. The molecule has 2 aromatic carbocycles. The summed E-state index contributed by atoms with van der Waals surface area (Å²) in [5, 5.41) is 11.6. The third kappa shape index (κ3) is 3.51. The van der Waals surface area contributed by atoms with Gasteiger partial charge in [-0.25, -0.2) is 4.98 Å². The van der Waals surface area contributed by atoms with E-state index in [0.717, 1.165) is 54.6 Å². The molecule has 4 aromatic rings. The van der Waals surface area contributed by atoms with Crippen molar-refractivity contribution in [2.24, 2.45) is 0 Å². The lowest BCUT2D eigenvalue weighted by Gasteiger charge is -2.36. The highest BCUT2D eigenvalue weighted by Crippen LogP contribution is 2.26. The molecule has 0 radical (unpaired) electrons. The lowest BCUT2D eigenvalue weighted by atomic mass is 10.0. The van der Waals surface area contributed by atoms with Gasteiger partial charge in [-0.15, -0.1) is 10.2 Å². The van der Waals surface area contributed by atoms with Gasteiger partial charge >= 0.3 is 0 Å². The Hall–Kier alpha value is -3.47. The fourth-order valence-electron chi connectivity index (χ4n) is 3.97. The zero-order valence-electron chi connectivity index (χ0n) is 16.5. The Morgan fingerprint density at radius 2 is 1.48 bits per heavy atom. The Morgan fingerprint density at radius 1 is 0.724 bits per heavy atom. The zero-order valence-corrected chi connectivity index (χ0v) is 16.5. The van der Waals surface area contributed by atoms with Gasteiger partial charge < -0.3 is 9.80 Å². The number of nitrogens with zero attached hydrogens (tertiary/aromatic N) is 5. The van der Waals surface area contributed by atoms with E-state index in [1.165, 1.54) is 10.8 Å². The Kier molecular flexibility index (Phi) is 4.56. The number of hydrogen-bond acceptors (Lipinski definition) is 5. The Bertz CT molecular complexity index is 1130.